The summed E-state index contributed by atoms with van der Waals surface area (Å²) in [5, 5.41) is 13.0. The molecule has 1 atom stereocenters. The molecule has 0 radical (unpaired) electrons. The zero-order valence-electron chi connectivity index (χ0n) is 11.6. The summed E-state index contributed by atoms with van der Waals surface area (Å²) in [6.45, 7) is 10.5. The number of hydrogen-bond acceptors (Lipinski definition) is 3. The number of nitriles is 1. The van der Waals surface area contributed by atoms with E-state index in [0.717, 1.165) is 39.0 Å². The number of nitrogens with one attached hydrogen (secondary N) is 1. The summed E-state index contributed by atoms with van der Waals surface area (Å²) < 4.78 is 0. The Bertz CT molecular complexity index is 249. The van der Waals surface area contributed by atoms with Gasteiger partial charge in [-0.3, -0.25) is 5.32 Å². The first-order chi connectivity index (χ1) is 8.22. The Hall–Kier alpha value is -0.590. The fourth-order valence-corrected chi connectivity index (χ4v) is 2.64. The van der Waals surface area contributed by atoms with E-state index in [1.165, 1.54) is 12.8 Å². The van der Waals surface area contributed by atoms with Gasteiger partial charge in [-0.15, -0.1) is 0 Å². The van der Waals surface area contributed by atoms with E-state index in [-0.39, 0.29) is 5.54 Å². The van der Waals surface area contributed by atoms with Crippen LogP contribution in [0.2, 0.25) is 0 Å². The van der Waals surface area contributed by atoms with Crippen molar-refractivity contribution in [2.45, 2.75) is 52.0 Å². The second kappa shape index (κ2) is 6.98. The van der Waals surface area contributed by atoms with Gasteiger partial charge in [0.15, 0.2) is 0 Å². The molecule has 1 saturated carbocycles. The Kier molecular flexibility index (Phi) is 5.94. The van der Waals surface area contributed by atoms with E-state index in [1.807, 2.05) is 0 Å². The Balaban J connectivity index is 2.65. The van der Waals surface area contributed by atoms with Crippen molar-refractivity contribution in [1.29, 1.82) is 5.26 Å². The lowest BCUT2D eigenvalue weighted by atomic mass is 9.93. The molecule has 1 aliphatic carbocycles. The van der Waals surface area contributed by atoms with Crippen LogP contribution in [0.3, 0.4) is 0 Å². The van der Waals surface area contributed by atoms with Gasteiger partial charge in [0.1, 0.15) is 5.54 Å². The molecule has 0 aromatic carbocycles. The van der Waals surface area contributed by atoms with Crippen molar-refractivity contribution in [3.05, 3.63) is 0 Å². The first kappa shape index (κ1) is 14.5. The van der Waals surface area contributed by atoms with Gasteiger partial charge in [0, 0.05) is 6.54 Å². The molecule has 1 fully saturated rings. The molecule has 98 valence electrons. The predicted octanol–water partition coefficient (Wildman–Crippen LogP) is 2.39. The minimum Gasteiger partial charge on any atom is -0.300 e. The van der Waals surface area contributed by atoms with Crippen LogP contribution >= 0.6 is 0 Å². The highest BCUT2D eigenvalue weighted by atomic mass is 15.2. The summed E-state index contributed by atoms with van der Waals surface area (Å²) in [4.78, 5) is 2.45. The van der Waals surface area contributed by atoms with Gasteiger partial charge in [-0.25, -0.2) is 0 Å². The van der Waals surface area contributed by atoms with E-state index in [9.17, 15) is 5.26 Å². The Morgan fingerprint density at radius 2 is 1.82 bits per heavy atom. The van der Waals surface area contributed by atoms with Crippen molar-refractivity contribution in [1.82, 2.24) is 10.2 Å². The van der Waals surface area contributed by atoms with Crippen molar-refractivity contribution in [2.24, 2.45) is 5.92 Å². The molecule has 3 nitrogen and oxygen atoms in total. The molecule has 1 N–H and O–H groups in total. The third-order valence-corrected chi connectivity index (χ3v) is 3.52. The van der Waals surface area contributed by atoms with Crippen LogP contribution in [0.15, 0.2) is 0 Å². The number of likely N-dealkylation sites (N-methyl/N-ethyl adjacent to an activating group) is 1. The average molecular weight is 237 g/mol. The van der Waals surface area contributed by atoms with E-state index in [1.54, 1.807) is 0 Å². The van der Waals surface area contributed by atoms with E-state index in [0.29, 0.717) is 5.92 Å². The van der Waals surface area contributed by atoms with Crippen LogP contribution in [0.4, 0.5) is 0 Å². The van der Waals surface area contributed by atoms with Gasteiger partial charge in [-0.2, -0.15) is 5.26 Å². The van der Waals surface area contributed by atoms with Gasteiger partial charge < -0.3 is 4.90 Å². The summed E-state index contributed by atoms with van der Waals surface area (Å²) in [7, 11) is 0. The molecule has 17 heavy (non-hydrogen) atoms. The summed E-state index contributed by atoms with van der Waals surface area (Å²) in [5.41, 5.74) is -0.293. The fraction of sp³-hybridized carbons (Fsp3) is 0.929. The van der Waals surface area contributed by atoms with Crippen LogP contribution < -0.4 is 5.32 Å². The lowest BCUT2D eigenvalue weighted by molar-refractivity contribution is 0.197. The summed E-state index contributed by atoms with van der Waals surface area (Å²) in [6.07, 6.45) is 4.76. The number of nitrogens with zero attached hydrogens (tertiary/aromatic N) is 2. The van der Waals surface area contributed by atoms with E-state index in [2.05, 4.69) is 37.1 Å². The lowest BCUT2D eigenvalue weighted by Crippen LogP contribution is -2.54. The van der Waals surface area contributed by atoms with Gasteiger partial charge in [0.25, 0.3) is 0 Å². The average Bonchev–Trinajstić information content (AvgIpc) is 3.13. The first-order valence-electron chi connectivity index (χ1n) is 7.11. The van der Waals surface area contributed by atoms with Crippen LogP contribution in [-0.2, 0) is 0 Å². The zero-order chi connectivity index (χ0) is 12.7. The van der Waals surface area contributed by atoms with Gasteiger partial charge in [0.2, 0.25) is 0 Å². The number of rotatable bonds is 9. The van der Waals surface area contributed by atoms with Crippen molar-refractivity contribution in [2.75, 3.05) is 26.2 Å². The largest absolute Gasteiger partial charge is 0.300 e. The molecule has 1 aliphatic rings. The highest BCUT2D eigenvalue weighted by molar-refractivity contribution is 5.16. The summed E-state index contributed by atoms with van der Waals surface area (Å²) in [6, 6.07) is 2.57. The maximum Gasteiger partial charge on any atom is 0.122 e. The first-order valence-corrected chi connectivity index (χ1v) is 7.11. The molecule has 0 aromatic heterocycles. The molecule has 0 amide bonds. The molecule has 0 heterocycles. The van der Waals surface area contributed by atoms with Crippen LogP contribution in [0.25, 0.3) is 0 Å². The Morgan fingerprint density at radius 1 is 1.24 bits per heavy atom. The van der Waals surface area contributed by atoms with Gasteiger partial charge in [-0.1, -0.05) is 20.8 Å². The third kappa shape index (κ3) is 3.97. The van der Waals surface area contributed by atoms with Crippen molar-refractivity contribution in [3.8, 4) is 6.07 Å². The van der Waals surface area contributed by atoms with Crippen molar-refractivity contribution in [3.63, 3.8) is 0 Å². The van der Waals surface area contributed by atoms with E-state index < -0.39 is 0 Å². The highest BCUT2D eigenvalue weighted by Crippen LogP contribution is 2.40. The molecule has 0 aliphatic heterocycles. The molecule has 1 rings (SSSR count). The molecule has 0 spiro atoms. The minimum atomic E-state index is -0.293. The fourth-order valence-electron chi connectivity index (χ4n) is 2.64. The van der Waals surface area contributed by atoms with Gasteiger partial charge >= 0.3 is 0 Å². The Morgan fingerprint density at radius 3 is 2.18 bits per heavy atom. The van der Waals surface area contributed by atoms with Gasteiger partial charge in [0.05, 0.1) is 6.07 Å². The third-order valence-electron chi connectivity index (χ3n) is 3.52. The minimum absolute atomic E-state index is 0.293. The van der Waals surface area contributed by atoms with Crippen molar-refractivity contribution >= 4 is 0 Å². The second-order valence-corrected chi connectivity index (χ2v) is 5.16. The smallest absolute Gasteiger partial charge is 0.122 e. The molecule has 0 saturated heterocycles. The standard InChI is InChI=1S/C14H27N3/c1-4-9-17(10-5-2)12-14(11-15,16-6-3)13-7-8-13/h13,16H,4-10,12H2,1-3H3. The summed E-state index contributed by atoms with van der Waals surface area (Å²) >= 11 is 0. The predicted molar refractivity (Wildman–Crippen MR) is 71.8 cm³/mol. The quantitative estimate of drug-likeness (QED) is 0.669. The monoisotopic (exact) mass is 237 g/mol. The number of hydrogen-bond donors (Lipinski definition) is 1. The van der Waals surface area contributed by atoms with Gasteiger partial charge in [-0.05, 0) is 51.2 Å². The van der Waals surface area contributed by atoms with E-state index >= 15 is 0 Å². The lowest BCUT2D eigenvalue weighted by Gasteiger charge is -2.34. The topological polar surface area (TPSA) is 39.1 Å². The maximum atomic E-state index is 9.56. The highest BCUT2D eigenvalue weighted by Gasteiger charge is 2.45. The normalized spacial score (nSPS) is 19.0. The zero-order valence-corrected chi connectivity index (χ0v) is 11.6. The van der Waals surface area contributed by atoms with Crippen LogP contribution in [0.5, 0.6) is 0 Å². The van der Waals surface area contributed by atoms with Crippen LogP contribution in [0, 0.1) is 17.2 Å². The molecule has 0 bridgehead atoms. The van der Waals surface area contributed by atoms with Crippen molar-refractivity contribution < 1.29 is 0 Å². The molecular weight excluding hydrogens is 210 g/mol. The summed E-state index contributed by atoms with van der Waals surface area (Å²) in [5.74, 6) is 0.573. The van der Waals surface area contributed by atoms with Crippen LogP contribution in [0.1, 0.15) is 46.5 Å². The van der Waals surface area contributed by atoms with E-state index in [4.69, 9.17) is 0 Å². The Labute approximate surface area is 106 Å². The maximum absolute atomic E-state index is 9.56. The van der Waals surface area contributed by atoms with Crippen LogP contribution in [-0.4, -0.2) is 36.6 Å². The molecule has 3 heteroatoms. The second-order valence-electron chi connectivity index (χ2n) is 5.16. The molecule has 0 aromatic rings. The molecular formula is C14H27N3. The molecule has 1 unspecified atom stereocenters. The SMILES string of the molecule is CCCN(CCC)CC(C#N)(NCC)C1CC1.